The molecule has 0 fully saturated rings. The minimum Gasteiger partial charge on any atom is -0.462 e. The van der Waals surface area contributed by atoms with Crippen LogP contribution in [0.5, 0.6) is 0 Å². The van der Waals surface area contributed by atoms with Gasteiger partial charge in [-0.15, -0.1) is 0 Å². The number of hydrogen-bond donors (Lipinski definition) is 3. The summed E-state index contributed by atoms with van der Waals surface area (Å²) in [6.07, 6.45) is 40.9. The normalized spacial score (nSPS) is 14.3. The SMILES string of the molecule is CCCCCCCCCCCCCCCCCCCC(=O)O[C@H](COC(=O)CCCCCCCCCCCCC)COP(=O)(O)OC[C@@H](O)COP(=O)(O)OC[C@@H](COC(=O)CCCCCCC)OC(=O)CCCCCCCCC(C)C. The van der Waals surface area contributed by atoms with Crippen molar-refractivity contribution in [2.75, 3.05) is 39.6 Å². The molecule has 2 unspecified atom stereocenters. The van der Waals surface area contributed by atoms with Crippen LogP contribution in [-0.2, 0) is 65.4 Å². The molecule has 0 aromatic carbocycles. The molecule has 3 N–H and O–H groups in total. The standard InChI is InChI=1S/C63H122O17P2/c1-6-9-12-15-17-19-21-22-23-24-25-26-28-30-32-38-43-48-62(67)79-59(53-74-61(66)47-42-37-31-29-27-20-18-16-13-10-7-2)55-78-82(71,72)76-51-57(64)50-75-81(69,70)77-54-58(52-73-60(65)46-41-35-14-11-8-3)80-63(68)49-44-39-34-33-36-40-45-56(4)5/h56-59,64H,6-55H2,1-5H3,(H,69,70)(H,71,72)/t57-,58+,59+/m0/s1. The summed E-state index contributed by atoms with van der Waals surface area (Å²) >= 11 is 0. The van der Waals surface area contributed by atoms with Crippen molar-refractivity contribution in [3.05, 3.63) is 0 Å². The van der Waals surface area contributed by atoms with Crippen LogP contribution in [0.4, 0.5) is 0 Å². The predicted molar refractivity (Wildman–Crippen MR) is 326 cm³/mol. The third-order valence-electron chi connectivity index (χ3n) is 14.5. The van der Waals surface area contributed by atoms with E-state index in [1.807, 2.05) is 0 Å². The largest absolute Gasteiger partial charge is 0.472 e. The second-order valence-corrected chi connectivity index (χ2v) is 26.2. The number of carbonyl (C=O) groups is 4. The van der Waals surface area contributed by atoms with Crippen LogP contribution in [0.15, 0.2) is 0 Å². The van der Waals surface area contributed by atoms with Gasteiger partial charge in [0.05, 0.1) is 26.4 Å². The summed E-state index contributed by atoms with van der Waals surface area (Å²) in [6, 6.07) is 0. The molecular formula is C63H122O17P2. The Kier molecular flexibility index (Phi) is 55.5. The van der Waals surface area contributed by atoms with Crippen LogP contribution in [0.2, 0.25) is 0 Å². The summed E-state index contributed by atoms with van der Waals surface area (Å²) in [4.78, 5) is 71.9. The molecule has 0 rings (SSSR count). The fraction of sp³-hybridized carbons (Fsp3) is 0.937. The van der Waals surface area contributed by atoms with Gasteiger partial charge in [-0.2, -0.15) is 0 Å². The predicted octanol–water partition coefficient (Wildman–Crippen LogP) is 17.4. The molecule has 486 valence electrons. The monoisotopic (exact) mass is 1210 g/mol. The minimum absolute atomic E-state index is 0.101. The zero-order valence-electron chi connectivity index (χ0n) is 52.6. The molecule has 0 spiro atoms. The van der Waals surface area contributed by atoms with Crippen LogP contribution < -0.4 is 0 Å². The van der Waals surface area contributed by atoms with E-state index in [1.165, 1.54) is 135 Å². The summed E-state index contributed by atoms with van der Waals surface area (Å²) in [5, 5.41) is 10.5. The molecule has 0 bridgehead atoms. The summed E-state index contributed by atoms with van der Waals surface area (Å²) in [6.45, 7) is 7.00. The number of carbonyl (C=O) groups excluding carboxylic acids is 4. The molecule has 0 amide bonds. The molecule has 5 atom stereocenters. The fourth-order valence-corrected chi connectivity index (χ4v) is 11.0. The Morgan fingerprint density at radius 2 is 0.561 bits per heavy atom. The highest BCUT2D eigenvalue weighted by Gasteiger charge is 2.30. The van der Waals surface area contributed by atoms with Crippen molar-refractivity contribution in [3.8, 4) is 0 Å². The summed E-state index contributed by atoms with van der Waals surface area (Å²) < 4.78 is 67.7. The van der Waals surface area contributed by atoms with Gasteiger partial charge in [0.25, 0.3) is 0 Å². The molecule has 0 heterocycles. The van der Waals surface area contributed by atoms with Crippen molar-refractivity contribution in [3.63, 3.8) is 0 Å². The molecule has 0 aromatic rings. The summed E-state index contributed by atoms with van der Waals surface area (Å²) in [5.74, 6) is -1.48. The van der Waals surface area contributed by atoms with Crippen molar-refractivity contribution >= 4 is 39.5 Å². The molecule has 0 aliphatic heterocycles. The second-order valence-electron chi connectivity index (χ2n) is 23.3. The lowest BCUT2D eigenvalue weighted by Crippen LogP contribution is -2.30. The second kappa shape index (κ2) is 56.8. The molecule has 0 aliphatic rings. The Labute approximate surface area is 498 Å². The van der Waals surface area contributed by atoms with Crippen LogP contribution in [0.3, 0.4) is 0 Å². The van der Waals surface area contributed by atoms with Gasteiger partial charge in [0.2, 0.25) is 0 Å². The molecule has 0 saturated carbocycles. The fourth-order valence-electron chi connectivity index (χ4n) is 9.41. The van der Waals surface area contributed by atoms with Gasteiger partial charge >= 0.3 is 39.5 Å². The van der Waals surface area contributed by atoms with Crippen molar-refractivity contribution in [2.45, 2.75) is 335 Å². The number of unbranched alkanes of at least 4 members (excludes halogenated alkanes) is 35. The number of phosphoric acid groups is 2. The van der Waals surface area contributed by atoms with E-state index >= 15 is 0 Å². The van der Waals surface area contributed by atoms with Crippen LogP contribution in [0.1, 0.15) is 317 Å². The number of ether oxygens (including phenoxy) is 4. The molecule has 0 aromatic heterocycles. The lowest BCUT2D eigenvalue weighted by Gasteiger charge is -2.21. The number of rotatable bonds is 63. The van der Waals surface area contributed by atoms with E-state index in [4.69, 9.17) is 37.0 Å². The van der Waals surface area contributed by atoms with E-state index in [0.717, 1.165) is 96.3 Å². The lowest BCUT2D eigenvalue weighted by molar-refractivity contribution is -0.161. The molecule has 82 heavy (non-hydrogen) atoms. The van der Waals surface area contributed by atoms with Gasteiger partial charge in [-0.05, 0) is 31.6 Å². The molecule has 17 nitrogen and oxygen atoms in total. The number of hydrogen-bond acceptors (Lipinski definition) is 15. The highest BCUT2D eigenvalue weighted by Crippen LogP contribution is 2.45. The van der Waals surface area contributed by atoms with E-state index in [1.54, 1.807) is 0 Å². The first-order valence-corrected chi connectivity index (χ1v) is 36.1. The molecular weight excluding hydrogens is 1090 g/mol. The van der Waals surface area contributed by atoms with E-state index < -0.39 is 97.5 Å². The number of esters is 4. The van der Waals surface area contributed by atoms with Crippen LogP contribution >= 0.6 is 15.6 Å². The molecule has 0 radical (unpaired) electrons. The first kappa shape index (κ1) is 80.1. The van der Waals surface area contributed by atoms with Gasteiger partial charge in [-0.3, -0.25) is 37.3 Å². The van der Waals surface area contributed by atoms with Crippen LogP contribution in [0, 0.1) is 5.92 Å². The van der Waals surface area contributed by atoms with E-state index in [0.29, 0.717) is 31.6 Å². The first-order valence-electron chi connectivity index (χ1n) is 33.1. The first-order chi connectivity index (χ1) is 39.5. The Bertz CT molecular complexity index is 1600. The quantitative estimate of drug-likeness (QED) is 0.0222. The van der Waals surface area contributed by atoms with Gasteiger partial charge in [-0.25, -0.2) is 9.13 Å². The number of aliphatic hydroxyl groups is 1. The summed E-state index contributed by atoms with van der Waals surface area (Å²) in [7, 11) is -9.87. The van der Waals surface area contributed by atoms with Crippen molar-refractivity contribution in [2.24, 2.45) is 5.92 Å². The van der Waals surface area contributed by atoms with Gasteiger partial charge < -0.3 is 33.8 Å². The van der Waals surface area contributed by atoms with Gasteiger partial charge in [-0.1, -0.05) is 266 Å². The Morgan fingerprint density at radius 1 is 0.329 bits per heavy atom. The number of aliphatic hydroxyl groups excluding tert-OH is 1. The zero-order valence-corrected chi connectivity index (χ0v) is 54.4. The van der Waals surface area contributed by atoms with Gasteiger partial charge in [0.1, 0.15) is 19.3 Å². The topological polar surface area (TPSA) is 237 Å². The Hall–Kier alpha value is -1.94. The molecule has 19 heteroatoms. The maximum atomic E-state index is 13.0. The van der Waals surface area contributed by atoms with Gasteiger partial charge in [0, 0.05) is 25.7 Å². The molecule has 0 saturated heterocycles. The zero-order chi connectivity index (χ0) is 60.6. The van der Waals surface area contributed by atoms with Crippen molar-refractivity contribution in [1.82, 2.24) is 0 Å². The third kappa shape index (κ3) is 57.2. The molecule has 0 aliphatic carbocycles. The van der Waals surface area contributed by atoms with Gasteiger partial charge in [0.15, 0.2) is 12.2 Å². The average Bonchev–Trinajstić information content (AvgIpc) is 3.44. The van der Waals surface area contributed by atoms with Crippen LogP contribution in [0.25, 0.3) is 0 Å². The average molecular weight is 1210 g/mol. The van der Waals surface area contributed by atoms with Crippen molar-refractivity contribution in [1.29, 1.82) is 0 Å². The van der Waals surface area contributed by atoms with Crippen LogP contribution in [-0.4, -0.2) is 96.7 Å². The highest BCUT2D eigenvalue weighted by atomic mass is 31.2. The highest BCUT2D eigenvalue weighted by molar-refractivity contribution is 7.47. The van der Waals surface area contributed by atoms with E-state index in [9.17, 15) is 43.2 Å². The Balaban J connectivity index is 5.14. The van der Waals surface area contributed by atoms with E-state index in [-0.39, 0.29) is 25.7 Å². The third-order valence-corrected chi connectivity index (χ3v) is 16.4. The lowest BCUT2D eigenvalue weighted by atomic mass is 10.0. The maximum Gasteiger partial charge on any atom is 0.472 e. The number of phosphoric ester groups is 2. The van der Waals surface area contributed by atoms with E-state index in [2.05, 4.69) is 34.6 Å². The van der Waals surface area contributed by atoms with Crippen molar-refractivity contribution < 1.29 is 80.2 Å². The summed E-state index contributed by atoms with van der Waals surface area (Å²) in [5.41, 5.74) is 0. The smallest absolute Gasteiger partial charge is 0.462 e. The Morgan fingerprint density at radius 3 is 0.829 bits per heavy atom. The maximum absolute atomic E-state index is 13.0. The minimum atomic E-state index is -4.94.